The third kappa shape index (κ3) is 3.24. The van der Waals surface area contributed by atoms with Crippen molar-refractivity contribution in [3.05, 3.63) is 34.9 Å². The normalized spacial score (nSPS) is 17.9. The molecule has 0 saturated heterocycles. The molecule has 0 bridgehead atoms. The van der Waals surface area contributed by atoms with Gasteiger partial charge in [-0.15, -0.1) is 0 Å². The predicted octanol–water partition coefficient (Wildman–Crippen LogP) is 3.73. The number of nitrogens with zero attached hydrogens (tertiary/aromatic N) is 2. The van der Waals surface area contributed by atoms with E-state index in [0.29, 0.717) is 23.7 Å². The van der Waals surface area contributed by atoms with Crippen molar-refractivity contribution in [3.8, 4) is 11.4 Å². The van der Waals surface area contributed by atoms with Crippen LogP contribution < -0.4 is 5.73 Å². The summed E-state index contributed by atoms with van der Waals surface area (Å²) in [5.74, 6) is 0.466. The van der Waals surface area contributed by atoms with Gasteiger partial charge in [-0.25, -0.2) is 4.39 Å². The lowest BCUT2D eigenvalue weighted by atomic mass is 9.80. The summed E-state index contributed by atoms with van der Waals surface area (Å²) in [6.07, 6.45) is 6.06. The summed E-state index contributed by atoms with van der Waals surface area (Å²) in [5.41, 5.74) is 6.77. The number of aromatic nitrogens is 2. The zero-order chi connectivity index (χ0) is 14.9. The summed E-state index contributed by atoms with van der Waals surface area (Å²) in [6, 6.07) is 4.36. The molecule has 0 atom stereocenters. The largest absolute Gasteiger partial charge is 0.339 e. The van der Waals surface area contributed by atoms with E-state index in [4.69, 9.17) is 21.9 Å². The summed E-state index contributed by atoms with van der Waals surface area (Å²) in [6.45, 7) is 0. The highest BCUT2D eigenvalue weighted by Gasteiger charge is 2.30. The molecule has 3 rings (SSSR count). The highest BCUT2D eigenvalue weighted by molar-refractivity contribution is 6.31. The molecular formula is C15H17ClFN3O. The minimum absolute atomic E-state index is 0.0430. The Balaban J connectivity index is 1.78. The number of nitrogens with two attached hydrogens (primary N) is 1. The van der Waals surface area contributed by atoms with E-state index in [0.717, 1.165) is 25.7 Å². The topological polar surface area (TPSA) is 64.9 Å². The molecule has 2 N–H and O–H groups in total. The van der Waals surface area contributed by atoms with Gasteiger partial charge in [0, 0.05) is 17.5 Å². The number of hydrogen-bond donors (Lipinski definition) is 1. The van der Waals surface area contributed by atoms with Gasteiger partial charge in [-0.05, 0) is 31.0 Å². The molecule has 21 heavy (non-hydrogen) atoms. The summed E-state index contributed by atoms with van der Waals surface area (Å²) in [4.78, 5) is 4.35. The van der Waals surface area contributed by atoms with Crippen LogP contribution in [0.1, 0.15) is 38.0 Å². The lowest BCUT2D eigenvalue weighted by Crippen LogP contribution is -2.43. The van der Waals surface area contributed by atoms with Gasteiger partial charge in [0.05, 0.1) is 5.02 Å². The minimum Gasteiger partial charge on any atom is -0.339 e. The number of halogens is 2. The van der Waals surface area contributed by atoms with Crippen molar-refractivity contribution in [1.29, 1.82) is 0 Å². The summed E-state index contributed by atoms with van der Waals surface area (Å²) in [7, 11) is 0. The van der Waals surface area contributed by atoms with Gasteiger partial charge in [0.15, 0.2) is 0 Å². The van der Waals surface area contributed by atoms with Crippen molar-refractivity contribution in [2.75, 3.05) is 0 Å². The lowest BCUT2D eigenvalue weighted by Gasteiger charge is -2.31. The molecule has 0 amide bonds. The fourth-order valence-corrected chi connectivity index (χ4v) is 2.99. The second-order valence-corrected chi connectivity index (χ2v) is 6.15. The van der Waals surface area contributed by atoms with E-state index in [2.05, 4.69) is 10.1 Å². The number of benzene rings is 1. The molecule has 0 unspecified atom stereocenters. The molecule has 2 aromatic rings. The number of rotatable bonds is 3. The molecule has 0 radical (unpaired) electrons. The number of hydrogen-bond acceptors (Lipinski definition) is 4. The van der Waals surface area contributed by atoms with Gasteiger partial charge >= 0.3 is 0 Å². The van der Waals surface area contributed by atoms with Gasteiger partial charge in [0.1, 0.15) is 5.82 Å². The van der Waals surface area contributed by atoms with E-state index < -0.39 is 5.82 Å². The maximum absolute atomic E-state index is 13.2. The van der Waals surface area contributed by atoms with E-state index in [1.807, 2.05) is 0 Å². The average Bonchev–Trinajstić information content (AvgIpc) is 2.90. The summed E-state index contributed by atoms with van der Waals surface area (Å²) < 4.78 is 18.4. The maximum atomic E-state index is 13.2. The molecule has 1 aliphatic carbocycles. The molecule has 1 saturated carbocycles. The lowest BCUT2D eigenvalue weighted by molar-refractivity contribution is 0.261. The Labute approximate surface area is 127 Å². The summed E-state index contributed by atoms with van der Waals surface area (Å²) >= 11 is 5.77. The monoisotopic (exact) mass is 309 g/mol. The van der Waals surface area contributed by atoms with E-state index in [-0.39, 0.29) is 10.6 Å². The fraction of sp³-hybridized carbons (Fsp3) is 0.467. The predicted molar refractivity (Wildman–Crippen MR) is 78.4 cm³/mol. The molecule has 112 valence electrons. The molecule has 1 aromatic heterocycles. The van der Waals surface area contributed by atoms with Crippen molar-refractivity contribution in [3.63, 3.8) is 0 Å². The van der Waals surface area contributed by atoms with Crippen LogP contribution in [0.4, 0.5) is 4.39 Å². The van der Waals surface area contributed by atoms with Crippen molar-refractivity contribution in [2.24, 2.45) is 5.73 Å². The zero-order valence-corrected chi connectivity index (χ0v) is 12.4. The van der Waals surface area contributed by atoms with Crippen molar-refractivity contribution >= 4 is 11.6 Å². The first-order chi connectivity index (χ1) is 10.1. The minimum atomic E-state index is -0.466. The molecule has 6 heteroatoms. The third-order valence-corrected chi connectivity index (χ3v) is 4.29. The van der Waals surface area contributed by atoms with Crippen LogP contribution in [0.15, 0.2) is 22.7 Å². The Morgan fingerprint density at radius 3 is 2.76 bits per heavy atom. The first-order valence-electron chi connectivity index (χ1n) is 7.13. The molecule has 1 aromatic carbocycles. The Morgan fingerprint density at radius 1 is 1.29 bits per heavy atom. The quantitative estimate of drug-likeness (QED) is 0.938. The molecule has 1 aliphatic rings. The molecular weight excluding hydrogens is 293 g/mol. The van der Waals surface area contributed by atoms with Crippen LogP contribution in [0.2, 0.25) is 5.02 Å². The zero-order valence-electron chi connectivity index (χ0n) is 11.6. The fourth-order valence-electron chi connectivity index (χ4n) is 2.81. The highest BCUT2D eigenvalue weighted by Crippen LogP contribution is 2.29. The first kappa shape index (κ1) is 14.5. The second kappa shape index (κ2) is 5.73. The van der Waals surface area contributed by atoms with Crippen molar-refractivity contribution in [1.82, 2.24) is 10.1 Å². The Morgan fingerprint density at radius 2 is 2.05 bits per heavy atom. The molecule has 1 heterocycles. The molecule has 4 nitrogen and oxygen atoms in total. The Hall–Kier alpha value is -1.46. The molecule has 0 spiro atoms. The van der Waals surface area contributed by atoms with Crippen LogP contribution >= 0.6 is 11.6 Å². The van der Waals surface area contributed by atoms with Crippen molar-refractivity contribution < 1.29 is 8.91 Å². The van der Waals surface area contributed by atoms with E-state index in [9.17, 15) is 4.39 Å². The van der Waals surface area contributed by atoms with Crippen LogP contribution in [0.3, 0.4) is 0 Å². The average molecular weight is 310 g/mol. The van der Waals surface area contributed by atoms with Crippen molar-refractivity contribution in [2.45, 2.75) is 44.1 Å². The van der Waals surface area contributed by atoms with Gasteiger partial charge in [-0.1, -0.05) is 36.0 Å². The van der Waals surface area contributed by atoms with Crippen LogP contribution in [0.25, 0.3) is 11.4 Å². The van der Waals surface area contributed by atoms with Crippen LogP contribution in [-0.4, -0.2) is 15.7 Å². The standard InChI is InChI=1S/C15H17ClFN3O/c16-11-8-10(4-5-12(11)17)14-19-13(21-20-14)9-15(18)6-2-1-3-7-15/h4-5,8H,1-3,6-7,9,18H2. The Kier molecular flexibility index (Phi) is 3.95. The van der Waals surface area contributed by atoms with Gasteiger partial charge in [-0.3, -0.25) is 0 Å². The van der Waals surface area contributed by atoms with E-state index >= 15 is 0 Å². The SMILES string of the molecule is NC1(Cc2nc(-c3ccc(F)c(Cl)c3)no2)CCCCC1. The van der Waals surface area contributed by atoms with Gasteiger partial charge in [0.2, 0.25) is 11.7 Å². The smallest absolute Gasteiger partial charge is 0.228 e. The van der Waals surface area contributed by atoms with Crippen LogP contribution in [-0.2, 0) is 6.42 Å². The van der Waals surface area contributed by atoms with Crippen LogP contribution in [0, 0.1) is 5.82 Å². The Bertz CT molecular complexity index is 638. The second-order valence-electron chi connectivity index (χ2n) is 5.74. The summed E-state index contributed by atoms with van der Waals surface area (Å²) in [5, 5.41) is 3.97. The van der Waals surface area contributed by atoms with Crippen LogP contribution in [0.5, 0.6) is 0 Å². The molecule has 0 aliphatic heterocycles. The van der Waals surface area contributed by atoms with Gasteiger partial charge < -0.3 is 10.3 Å². The third-order valence-electron chi connectivity index (χ3n) is 4.00. The van der Waals surface area contributed by atoms with Gasteiger partial charge in [0.25, 0.3) is 0 Å². The maximum Gasteiger partial charge on any atom is 0.228 e. The highest BCUT2D eigenvalue weighted by atomic mass is 35.5. The molecule has 1 fully saturated rings. The van der Waals surface area contributed by atoms with E-state index in [1.165, 1.54) is 18.6 Å². The van der Waals surface area contributed by atoms with Gasteiger partial charge in [-0.2, -0.15) is 4.98 Å². The first-order valence-corrected chi connectivity index (χ1v) is 7.50. The van der Waals surface area contributed by atoms with E-state index in [1.54, 1.807) is 6.07 Å².